The van der Waals surface area contributed by atoms with Crippen LogP contribution in [0.4, 0.5) is 0 Å². The van der Waals surface area contributed by atoms with Crippen molar-refractivity contribution in [2.24, 2.45) is 0 Å². The number of aliphatic hydroxyl groups is 1. The minimum Gasteiger partial charge on any atom is -0.390 e. The van der Waals surface area contributed by atoms with E-state index in [1.807, 2.05) is 19.9 Å². The first-order valence-electron chi connectivity index (χ1n) is 4.38. The van der Waals surface area contributed by atoms with Crippen LogP contribution in [0.2, 0.25) is 0 Å². The van der Waals surface area contributed by atoms with E-state index in [2.05, 4.69) is 6.58 Å². The Labute approximate surface area is 75.2 Å². The topological polar surface area (TPSA) is 29.5 Å². The average Bonchev–Trinajstić information content (AvgIpc) is 2.05. The Balaban J connectivity index is 3.70. The molecule has 0 amide bonds. The molecule has 0 aromatic carbocycles. The zero-order valence-corrected chi connectivity index (χ0v) is 8.34. The molecule has 1 N–H and O–H groups in total. The molecule has 0 saturated heterocycles. The molecule has 0 heterocycles. The Bertz CT molecular complexity index is 130. The molecule has 0 bridgehead atoms. The number of hydrogen-bond acceptors (Lipinski definition) is 2. The van der Waals surface area contributed by atoms with Crippen molar-refractivity contribution in [2.45, 2.75) is 44.8 Å². The largest absolute Gasteiger partial charge is 0.390 e. The predicted molar refractivity (Wildman–Crippen MR) is 51.1 cm³/mol. The summed E-state index contributed by atoms with van der Waals surface area (Å²) in [6.07, 6.45) is 4.18. The Morgan fingerprint density at radius 1 is 1.58 bits per heavy atom. The quantitative estimate of drug-likeness (QED) is 0.491. The molecule has 0 saturated carbocycles. The number of hydrogen-bond donors (Lipinski definition) is 1. The van der Waals surface area contributed by atoms with Crippen molar-refractivity contribution in [3.63, 3.8) is 0 Å². The summed E-state index contributed by atoms with van der Waals surface area (Å²) in [7, 11) is 1.62. The second kappa shape index (κ2) is 5.33. The highest BCUT2D eigenvalue weighted by molar-refractivity contribution is 4.79. The number of unbranched alkanes of at least 4 members (excludes halogenated alkanes) is 1. The zero-order chi connectivity index (χ0) is 9.61. The fourth-order valence-corrected chi connectivity index (χ4v) is 0.939. The van der Waals surface area contributed by atoms with Crippen molar-refractivity contribution in [3.05, 3.63) is 12.7 Å². The Morgan fingerprint density at radius 3 is 2.58 bits per heavy atom. The van der Waals surface area contributed by atoms with Gasteiger partial charge >= 0.3 is 0 Å². The van der Waals surface area contributed by atoms with Crippen molar-refractivity contribution in [1.29, 1.82) is 0 Å². The third-order valence-corrected chi connectivity index (χ3v) is 2.21. The molecule has 0 aliphatic heterocycles. The summed E-state index contributed by atoms with van der Waals surface area (Å²) in [6.45, 7) is 7.42. The molecule has 0 fully saturated rings. The van der Waals surface area contributed by atoms with Gasteiger partial charge in [0.05, 0.1) is 11.7 Å². The molecule has 0 aliphatic carbocycles. The van der Waals surface area contributed by atoms with Gasteiger partial charge in [0.15, 0.2) is 0 Å². The summed E-state index contributed by atoms with van der Waals surface area (Å²) >= 11 is 0. The van der Waals surface area contributed by atoms with E-state index in [0.717, 1.165) is 19.3 Å². The van der Waals surface area contributed by atoms with E-state index >= 15 is 0 Å². The van der Waals surface area contributed by atoms with E-state index < -0.39 is 5.60 Å². The summed E-state index contributed by atoms with van der Waals surface area (Å²) in [5.74, 6) is 0. The molecular weight excluding hydrogens is 152 g/mol. The van der Waals surface area contributed by atoms with Gasteiger partial charge in [0.25, 0.3) is 0 Å². The summed E-state index contributed by atoms with van der Waals surface area (Å²) in [5.41, 5.74) is -0.429. The molecule has 0 radical (unpaired) electrons. The lowest BCUT2D eigenvalue weighted by molar-refractivity contribution is -0.0804. The molecule has 1 unspecified atom stereocenters. The van der Waals surface area contributed by atoms with E-state index in [1.165, 1.54) is 0 Å². The summed E-state index contributed by atoms with van der Waals surface area (Å²) in [5, 5.41) is 9.64. The molecule has 0 aliphatic rings. The standard InChI is InChI=1S/C10H20O2/c1-5-6-7-8-9(11)10(2,3)12-4/h5,9,11H,1,6-8H2,2-4H3. The molecule has 0 rings (SSSR count). The minimum atomic E-state index is -0.429. The zero-order valence-electron chi connectivity index (χ0n) is 8.34. The van der Waals surface area contributed by atoms with Crippen LogP contribution in [0.3, 0.4) is 0 Å². The summed E-state index contributed by atoms with van der Waals surface area (Å²) in [4.78, 5) is 0. The maximum Gasteiger partial charge on any atom is 0.0880 e. The summed E-state index contributed by atoms with van der Waals surface area (Å²) in [6, 6.07) is 0. The highest BCUT2D eigenvalue weighted by atomic mass is 16.5. The van der Waals surface area contributed by atoms with E-state index in [-0.39, 0.29) is 6.10 Å². The maximum atomic E-state index is 9.64. The predicted octanol–water partition coefficient (Wildman–Crippen LogP) is 2.13. The van der Waals surface area contributed by atoms with Gasteiger partial charge < -0.3 is 9.84 Å². The third kappa shape index (κ3) is 3.88. The first kappa shape index (κ1) is 11.7. The van der Waals surface area contributed by atoms with E-state index in [0.29, 0.717) is 0 Å². The van der Waals surface area contributed by atoms with Crippen LogP contribution in [0.1, 0.15) is 33.1 Å². The van der Waals surface area contributed by atoms with Crippen molar-refractivity contribution in [3.8, 4) is 0 Å². The number of aliphatic hydroxyl groups excluding tert-OH is 1. The monoisotopic (exact) mass is 172 g/mol. The van der Waals surface area contributed by atoms with E-state index in [4.69, 9.17) is 4.74 Å². The van der Waals surface area contributed by atoms with Crippen LogP contribution in [0, 0.1) is 0 Å². The molecule has 0 aromatic rings. The molecule has 72 valence electrons. The fraction of sp³-hybridized carbons (Fsp3) is 0.800. The highest BCUT2D eigenvalue weighted by Gasteiger charge is 2.26. The van der Waals surface area contributed by atoms with E-state index in [1.54, 1.807) is 7.11 Å². The normalized spacial score (nSPS) is 14.3. The van der Waals surface area contributed by atoms with Gasteiger partial charge in [-0.25, -0.2) is 0 Å². The maximum absolute atomic E-state index is 9.64. The van der Waals surface area contributed by atoms with Gasteiger partial charge in [-0.1, -0.05) is 6.08 Å². The van der Waals surface area contributed by atoms with Crippen molar-refractivity contribution in [1.82, 2.24) is 0 Å². The van der Waals surface area contributed by atoms with Gasteiger partial charge in [0.1, 0.15) is 0 Å². The van der Waals surface area contributed by atoms with Gasteiger partial charge in [0.2, 0.25) is 0 Å². The van der Waals surface area contributed by atoms with Crippen LogP contribution < -0.4 is 0 Å². The molecule has 1 atom stereocenters. The van der Waals surface area contributed by atoms with Crippen molar-refractivity contribution in [2.75, 3.05) is 7.11 Å². The molecule has 0 spiro atoms. The molecule has 0 aromatic heterocycles. The van der Waals surface area contributed by atoms with Crippen LogP contribution in [0.25, 0.3) is 0 Å². The number of ether oxygens (including phenoxy) is 1. The lowest BCUT2D eigenvalue weighted by atomic mass is 9.97. The first-order chi connectivity index (χ1) is 5.54. The summed E-state index contributed by atoms with van der Waals surface area (Å²) < 4.78 is 5.15. The van der Waals surface area contributed by atoms with Crippen molar-refractivity contribution >= 4 is 0 Å². The highest BCUT2D eigenvalue weighted by Crippen LogP contribution is 2.18. The Hall–Kier alpha value is -0.340. The fourth-order valence-electron chi connectivity index (χ4n) is 0.939. The number of rotatable bonds is 6. The Kier molecular flexibility index (Phi) is 5.18. The van der Waals surface area contributed by atoms with Crippen LogP contribution in [0.15, 0.2) is 12.7 Å². The van der Waals surface area contributed by atoms with Crippen LogP contribution >= 0.6 is 0 Å². The van der Waals surface area contributed by atoms with Crippen LogP contribution in [-0.4, -0.2) is 23.9 Å². The van der Waals surface area contributed by atoms with Gasteiger partial charge in [-0.05, 0) is 33.1 Å². The molecule has 12 heavy (non-hydrogen) atoms. The first-order valence-corrected chi connectivity index (χ1v) is 4.38. The molecule has 2 heteroatoms. The number of allylic oxidation sites excluding steroid dienone is 1. The number of methoxy groups -OCH3 is 1. The van der Waals surface area contributed by atoms with Gasteiger partial charge in [-0.3, -0.25) is 0 Å². The molecule has 2 nitrogen and oxygen atoms in total. The minimum absolute atomic E-state index is 0.387. The van der Waals surface area contributed by atoms with E-state index in [9.17, 15) is 5.11 Å². The smallest absolute Gasteiger partial charge is 0.0880 e. The molecular formula is C10H20O2. The van der Waals surface area contributed by atoms with Crippen molar-refractivity contribution < 1.29 is 9.84 Å². The second-order valence-electron chi connectivity index (χ2n) is 3.54. The lowest BCUT2D eigenvalue weighted by Gasteiger charge is -2.28. The van der Waals surface area contributed by atoms with Gasteiger partial charge in [-0.15, -0.1) is 6.58 Å². The SMILES string of the molecule is C=CCCCC(O)C(C)(C)OC. The second-order valence-corrected chi connectivity index (χ2v) is 3.54. The van der Waals surface area contributed by atoms with Crippen LogP contribution in [0.5, 0.6) is 0 Å². The lowest BCUT2D eigenvalue weighted by Crippen LogP contribution is -2.37. The average molecular weight is 172 g/mol. The van der Waals surface area contributed by atoms with Gasteiger partial charge in [0, 0.05) is 7.11 Å². The third-order valence-electron chi connectivity index (χ3n) is 2.21. The Morgan fingerprint density at radius 2 is 2.17 bits per heavy atom. The van der Waals surface area contributed by atoms with Crippen LogP contribution in [-0.2, 0) is 4.74 Å². The van der Waals surface area contributed by atoms with Gasteiger partial charge in [-0.2, -0.15) is 0 Å².